The number of nitrogens with one attached hydrogen (secondary N) is 1. The summed E-state index contributed by atoms with van der Waals surface area (Å²) in [7, 11) is 0. The molecule has 0 spiro atoms. The average Bonchev–Trinajstić information content (AvgIpc) is 3.21. The second kappa shape index (κ2) is 18.1. The van der Waals surface area contributed by atoms with E-state index in [4.69, 9.17) is 9.97 Å². The summed E-state index contributed by atoms with van der Waals surface area (Å²) in [5, 5.41) is 7.23. The van der Waals surface area contributed by atoms with Crippen molar-refractivity contribution in [2.75, 3.05) is 10.3 Å². The maximum atomic E-state index is 13.3. The van der Waals surface area contributed by atoms with Crippen molar-refractivity contribution in [3.63, 3.8) is 0 Å². The van der Waals surface area contributed by atoms with Gasteiger partial charge in [0.15, 0.2) is 12.3 Å². The van der Waals surface area contributed by atoms with Crippen LogP contribution in [0.2, 0.25) is 0 Å². The van der Waals surface area contributed by atoms with Gasteiger partial charge in [0.1, 0.15) is 5.82 Å². The summed E-state index contributed by atoms with van der Waals surface area (Å²) in [6, 6.07) is 3.81. The molecular weight excluding hydrogens is 545 g/mol. The monoisotopic (exact) mass is 583 g/mol. The molecule has 0 aromatic carbocycles. The van der Waals surface area contributed by atoms with Gasteiger partial charge in [0.25, 0.3) is 6.47 Å². The Bertz CT molecular complexity index is 1290. The minimum atomic E-state index is -0.0195. The van der Waals surface area contributed by atoms with Crippen molar-refractivity contribution in [2.45, 2.75) is 53.9 Å². The molecule has 2 heterocycles. The molecule has 1 unspecified atom stereocenters. The lowest BCUT2D eigenvalue weighted by molar-refractivity contribution is -0.128. The van der Waals surface area contributed by atoms with Gasteiger partial charge in [0.2, 0.25) is 0 Å². The van der Waals surface area contributed by atoms with Gasteiger partial charge in [-0.2, -0.15) is 5.10 Å². The largest absolute Gasteiger partial charge is 0.468 e. The summed E-state index contributed by atoms with van der Waals surface area (Å²) in [6.45, 7) is 11.1. The topological polar surface area (TPSA) is 84.0 Å². The highest BCUT2D eigenvalue weighted by Gasteiger charge is 2.11. The number of aromatic nitrogens is 4. The highest BCUT2D eigenvalue weighted by molar-refractivity contribution is 8.08. The van der Waals surface area contributed by atoms with Crippen LogP contribution in [0.3, 0.4) is 0 Å². The molecule has 0 bridgehead atoms. The number of hydrogen-bond donors (Lipinski definition) is 2. The predicted molar refractivity (Wildman–Crippen MR) is 169 cm³/mol. The van der Waals surface area contributed by atoms with Gasteiger partial charge in [-0.05, 0) is 62.8 Å². The maximum absolute atomic E-state index is 13.3. The zero-order valence-electron chi connectivity index (χ0n) is 23.7. The zero-order valence-corrected chi connectivity index (χ0v) is 25.4. The van der Waals surface area contributed by atoms with Crippen molar-refractivity contribution in [2.24, 2.45) is 5.92 Å². The summed E-state index contributed by atoms with van der Waals surface area (Å²) in [4.78, 5) is 18.8. The van der Waals surface area contributed by atoms with Crippen molar-refractivity contribution in [3.05, 3.63) is 83.6 Å². The van der Waals surface area contributed by atoms with Crippen molar-refractivity contribution in [1.29, 1.82) is 0 Å². The highest BCUT2D eigenvalue weighted by Crippen LogP contribution is 2.28. The van der Waals surface area contributed by atoms with Crippen LogP contribution in [0.25, 0.3) is 22.8 Å². The van der Waals surface area contributed by atoms with Crippen molar-refractivity contribution in [3.8, 4) is 11.1 Å². The minimum absolute atomic E-state index is 0.0195. The minimum Gasteiger partial charge on any atom is -0.468 e. The van der Waals surface area contributed by atoms with Crippen molar-refractivity contribution < 1.29 is 13.4 Å². The fraction of sp³-hybridized carbons (Fsp3) is 0.333. The lowest BCUT2D eigenvalue weighted by Crippen LogP contribution is -1.98. The van der Waals surface area contributed by atoms with Crippen LogP contribution >= 0.6 is 25.1 Å². The van der Waals surface area contributed by atoms with E-state index in [0.29, 0.717) is 30.5 Å². The fourth-order valence-electron chi connectivity index (χ4n) is 3.62. The molecule has 2 aromatic heterocycles. The highest BCUT2D eigenvalue weighted by atomic mass is 32.2. The van der Waals surface area contributed by atoms with Gasteiger partial charge in [-0.3, -0.25) is 19.9 Å². The first-order chi connectivity index (χ1) is 19.3. The van der Waals surface area contributed by atoms with E-state index in [1.165, 1.54) is 0 Å². The van der Waals surface area contributed by atoms with Gasteiger partial charge >= 0.3 is 0 Å². The number of aryl methyl sites for hydroxylation is 2. The van der Waals surface area contributed by atoms with Gasteiger partial charge in [-0.15, -0.1) is 3.89 Å². The third-order valence-corrected chi connectivity index (χ3v) is 6.80. The predicted octanol–water partition coefficient (Wildman–Crippen LogP) is 8.32. The molecule has 214 valence electrons. The lowest BCUT2D eigenvalue weighted by Gasteiger charge is -2.09. The standard InChI is InChI=1S/C27H32FN5S2.C3H6O2/c1-5-19(2)11-10-14-23-16-27(33(34)35-28)32-30-18-25(21(4)31-23)24-17-29-26(15-20(24)3)22-12-8-6-7-9-13-22;1-2-5-3-4/h6-8,10,12-19,32,34H,5,9,11H2,1-4H3;3H,2H2,1H3/b14-10+,25-21?,27-16?,30-18?,31-23?;. The van der Waals surface area contributed by atoms with E-state index >= 15 is 0 Å². The van der Waals surface area contributed by atoms with E-state index in [9.17, 15) is 8.68 Å². The van der Waals surface area contributed by atoms with E-state index < -0.39 is 0 Å². The molecule has 2 aromatic rings. The Labute approximate surface area is 247 Å². The van der Waals surface area contributed by atoms with Crippen molar-refractivity contribution >= 4 is 49.1 Å². The second-order valence-electron chi connectivity index (χ2n) is 9.05. The number of H-pyrrole nitrogens is 1. The van der Waals surface area contributed by atoms with E-state index in [2.05, 4.69) is 78.9 Å². The molecule has 0 saturated heterocycles. The number of aromatic amines is 1. The van der Waals surface area contributed by atoms with Crippen LogP contribution in [-0.2, 0) is 9.53 Å². The first kappa shape index (κ1) is 32.8. The van der Waals surface area contributed by atoms with Crippen LogP contribution in [-0.4, -0.2) is 33.2 Å². The van der Waals surface area contributed by atoms with Gasteiger partial charge < -0.3 is 4.74 Å². The van der Waals surface area contributed by atoms with Gasteiger partial charge in [0, 0.05) is 29.1 Å². The molecule has 1 atom stereocenters. The number of carbonyl (C=O) groups excluding carboxylic acids is 1. The number of hydrogen-bond acceptors (Lipinski definition) is 8. The zero-order chi connectivity index (χ0) is 29.3. The Kier molecular flexibility index (Phi) is 14.8. The number of thiol groups is 1. The molecule has 3 rings (SSSR count). The van der Waals surface area contributed by atoms with Crippen LogP contribution < -0.4 is 3.71 Å². The van der Waals surface area contributed by atoms with Gasteiger partial charge in [-0.25, -0.2) is 3.71 Å². The van der Waals surface area contributed by atoms with E-state index in [1.54, 1.807) is 19.2 Å². The Hall–Kier alpha value is -3.37. The molecule has 7 nitrogen and oxygen atoms in total. The normalized spacial score (nSPS) is 13.0. The van der Waals surface area contributed by atoms with E-state index in [1.807, 2.05) is 31.3 Å². The Balaban J connectivity index is 0.00000103. The molecule has 0 aliphatic heterocycles. The average molecular weight is 584 g/mol. The van der Waals surface area contributed by atoms with Crippen LogP contribution in [0.1, 0.15) is 62.7 Å². The molecular formula is C30H38FN5O2S2. The first-order valence-corrected chi connectivity index (χ1v) is 14.2. The SMILES string of the molecule is CCC(C)C/C=C/c1cc(N(S)SF)[nH]ncc(-c2cnc(C3=CCC=CC=C3)cc2C)c(C)n1.CCOC=O. The van der Waals surface area contributed by atoms with Crippen LogP contribution in [0, 0.1) is 19.8 Å². The summed E-state index contributed by atoms with van der Waals surface area (Å²) < 4.78 is 18.5. The van der Waals surface area contributed by atoms with E-state index in [-0.39, 0.29) is 12.3 Å². The molecule has 0 radical (unpaired) electrons. The van der Waals surface area contributed by atoms with Crippen LogP contribution in [0.15, 0.2) is 61.0 Å². The number of anilines is 1. The molecule has 1 aliphatic rings. The van der Waals surface area contributed by atoms with Gasteiger partial charge in [-0.1, -0.05) is 69.5 Å². The summed E-state index contributed by atoms with van der Waals surface area (Å²) in [6.07, 6.45) is 21.0. The Morgan fingerprint density at radius 3 is 2.67 bits per heavy atom. The number of pyridine rings is 1. The molecule has 1 N–H and O–H groups in total. The summed E-state index contributed by atoms with van der Waals surface area (Å²) >= 11 is 4.15. The number of rotatable bonds is 10. The number of nitrogens with zero attached hydrogens (tertiary/aromatic N) is 4. The molecule has 10 heteroatoms. The van der Waals surface area contributed by atoms with Crippen LogP contribution in [0.4, 0.5) is 9.70 Å². The number of ether oxygens (including phenoxy) is 1. The second-order valence-corrected chi connectivity index (χ2v) is 10.2. The molecule has 0 saturated carbocycles. The van der Waals surface area contributed by atoms with Crippen molar-refractivity contribution in [1.82, 2.24) is 20.2 Å². The van der Waals surface area contributed by atoms with Crippen LogP contribution in [0.5, 0.6) is 0 Å². The number of carbonyl (C=O) groups is 1. The third kappa shape index (κ3) is 10.7. The summed E-state index contributed by atoms with van der Waals surface area (Å²) in [5.74, 6) is 0.938. The fourth-order valence-corrected chi connectivity index (χ4v) is 3.89. The number of halogens is 1. The molecule has 1 aliphatic carbocycles. The Morgan fingerprint density at radius 1 is 1.23 bits per heavy atom. The molecule has 0 fully saturated rings. The van der Waals surface area contributed by atoms with Gasteiger partial charge in [0.05, 0.1) is 24.2 Å². The maximum Gasteiger partial charge on any atom is 0.293 e. The summed E-state index contributed by atoms with van der Waals surface area (Å²) in [5.41, 5.74) is 6.31. The smallest absolute Gasteiger partial charge is 0.293 e. The lowest BCUT2D eigenvalue weighted by atomic mass is 10.0. The Morgan fingerprint density at radius 2 is 2.02 bits per heavy atom. The van der Waals surface area contributed by atoms with E-state index in [0.717, 1.165) is 56.6 Å². The third-order valence-electron chi connectivity index (χ3n) is 6.07. The molecule has 0 amide bonds. The first-order valence-electron chi connectivity index (χ1n) is 13.1. The number of allylic oxidation sites excluding steroid dienone is 7. The molecule has 40 heavy (non-hydrogen) atoms. The quantitative estimate of drug-likeness (QED) is 0.165.